The van der Waals surface area contributed by atoms with Gasteiger partial charge >= 0.3 is 0 Å². The van der Waals surface area contributed by atoms with E-state index in [1.54, 1.807) is 29.2 Å². The van der Waals surface area contributed by atoms with Gasteiger partial charge in [-0.15, -0.1) is 0 Å². The Bertz CT molecular complexity index is 1150. The van der Waals surface area contributed by atoms with E-state index < -0.39 is 0 Å². The van der Waals surface area contributed by atoms with Gasteiger partial charge in [-0.25, -0.2) is 0 Å². The first-order chi connectivity index (χ1) is 15.4. The maximum absolute atomic E-state index is 13.3. The molecule has 1 saturated heterocycles. The molecule has 0 aliphatic carbocycles. The van der Waals surface area contributed by atoms with Crippen LogP contribution in [0, 0.1) is 0 Å². The lowest BCUT2D eigenvalue weighted by molar-refractivity contribution is 0.0533. The van der Waals surface area contributed by atoms with Crippen LogP contribution in [0.2, 0.25) is 0 Å². The van der Waals surface area contributed by atoms with Crippen LogP contribution in [0.1, 0.15) is 34.6 Å². The first-order valence-electron chi connectivity index (χ1n) is 10.6. The van der Waals surface area contributed by atoms with Gasteiger partial charge in [0.15, 0.2) is 0 Å². The minimum atomic E-state index is -0.0803. The molecular formula is C24H26BrN3O4. The third kappa shape index (κ3) is 4.19. The fourth-order valence-electron chi connectivity index (χ4n) is 3.98. The molecule has 0 spiro atoms. The molecule has 7 nitrogen and oxygen atoms in total. The lowest BCUT2D eigenvalue weighted by atomic mass is 10.1. The molecule has 0 unspecified atom stereocenters. The van der Waals surface area contributed by atoms with Crippen LogP contribution in [-0.4, -0.2) is 66.0 Å². The molecule has 0 atom stereocenters. The highest BCUT2D eigenvalue weighted by Gasteiger charge is 2.29. The second kappa shape index (κ2) is 9.24. The van der Waals surface area contributed by atoms with E-state index in [4.69, 9.17) is 9.47 Å². The van der Waals surface area contributed by atoms with Gasteiger partial charge in [0.2, 0.25) is 0 Å². The molecule has 0 bridgehead atoms. The number of hydrogen-bond donors (Lipinski definition) is 1. The number of ether oxygens (including phenoxy) is 2. The van der Waals surface area contributed by atoms with Gasteiger partial charge in [-0.3, -0.25) is 9.59 Å². The minimum absolute atomic E-state index is 0.0216. The van der Waals surface area contributed by atoms with Crippen molar-refractivity contribution < 1.29 is 19.1 Å². The van der Waals surface area contributed by atoms with E-state index in [0.717, 1.165) is 15.4 Å². The Morgan fingerprint density at radius 2 is 1.56 bits per heavy atom. The summed E-state index contributed by atoms with van der Waals surface area (Å²) in [6.07, 6.45) is 1.70. The van der Waals surface area contributed by atoms with E-state index >= 15 is 0 Å². The molecule has 8 heteroatoms. The normalized spacial score (nSPS) is 14.2. The number of nitrogens with one attached hydrogen (secondary N) is 1. The number of benzene rings is 2. The molecule has 2 heterocycles. The van der Waals surface area contributed by atoms with Crippen LogP contribution in [0.15, 0.2) is 47.1 Å². The molecule has 0 saturated carbocycles. The molecule has 4 rings (SSSR count). The highest BCUT2D eigenvalue weighted by atomic mass is 79.9. The molecule has 2 amide bonds. The number of para-hydroxylation sites is 1. The number of aromatic nitrogens is 1. The zero-order valence-corrected chi connectivity index (χ0v) is 19.9. The van der Waals surface area contributed by atoms with Crippen LogP contribution in [0.25, 0.3) is 10.9 Å². The summed E-state index contributed by atoms with van der Waals surface area (Å²) in [5.74, 6) is 1.07. The van der Waals surface area contributed by atoms with Crippen molar-refractivity contribution in [2.75, 3.05) is 33.3 Å². The molecule has 1 aliphatic rings. The SMILES string of the molecule is COc1ccc(Br)c2[nH]cc(C(=O)N3CCN(C(=O)c4ccccc4OC(C)C)CC3)c12. The van der Waals surface area contributed by atoms with Gasteiger partial charge in [-0.2, -0.15) is 0 Å². The van der Waals surface area contributed by atoms with Crippen molar-refractivity contribution >= 4 is 38.6 Å². The molecule has 1 fully saturated rings. The molecule has 168 valence electrons. The Balaban J connectivity index is 1.49. The van der Waals surface area contributed by atoms with Crippen LogP contribution < -0.4 is 9.47 Å². The standard InChI is InChI=1S/C24H26BrN3O4/c1-15(2)32-19-7-5-4-6-16(19)23(29)27-10-12-28(13-11-27)24(30)17-14-26-22-18(25)8-9-20(31-3)21(17)22/h4-9,14-15,26H,10-13H2,1-3H3. The zero-order chi connectivity index (χ0) is 22.8. The highest BCUT2D eigenvalue weighted by molar-refractivity contribution is 9.10. The van der Waals surface area contributed by atoms with Crippen molar-refractivity contribution in [3.05, 3.63) is 58.2 Å². The number of rotatable bonds is 5. The Hall–Kier alpha value is -3.00. The van der Waals surface area contributed by atoms with Crippen LogP contribution in [-0.2, 0) is 0 Å². The van der Waals surface area contributed by atoms with Gasteiger partial charge in [0.05, 0.1) is 35.2 Å². The predicted octanol–water partition coefficient (Wildman–Crippen LogP) is 4.32. The summed E-state index contributed by atoms with van der Waals surface area (Å²) in [7, 11) is 1.59. The summed E-state index contributed by atoms with van der Waals surface area (Å²) in [5, 5.41) is 0.755. The zero-order valence-electron chi connectivity index (χ0n) is 18.4. The Morgan fingerprint density at radius 3 is 2.19 bits per heavy atom. The minimum Gasteiger partial charge on any atom is -0.496 e. The number of piperazine rings is 1. The van der Waals surface area contributed by atoms with E-state index in [9.17, 15) is 9.59 Å². The Kier molecular flexibility index (Phi) is 6.41. The summed E-state index contributed by atoms with van der Waals surface area (Å²) in [4.78, 5) is 33.1. The fraction of sp³-hybridized carbons (Fsp3) is 0.333. The summed E-state index contributed by atoms with van der Waals surface area (Å²) >= 11 is 3.52. The molecule has 1 aromatic heterocycles. The van der Waals surface area contributed by atoms with Crippen molar-refractivity contribution in [2.24, 2.45) is 0 Å². The summed E-state index contributed by atoms with van der Waals surface area (Å²) in [5.41, 5.74) is 1.93. The Morgan fingerprint density at radius 1 is 0.938 bits per heavy atom. The average molecular weight is 500 g/mol. The number of methoxy groups -OCH3 is 1. The maximum atomic E-state index is 13.3. The van der Waals surface area contributed by atoms with Crippen LogP contribution >= 0.6 is 15.9 Å². The summed E-state index contributed by atoms with van der Waals surface area (Å²) in [6, 6.07) is 11.0. The maximum Gasteiger partial charge on any atom is 0.257 e. The smallest absolute Gasteiger partial charge is 0.257 e. The highest BCUT2D eigenvalue weighted by Crippen LogP contribution is 2.34. The number of halogens is 1. The number of amides is 2. The number of carbonyl (C=O) groups excluding carboxylic acids is 2. The molecule has 32 heavy (non-hydrogen) atoms. The van der Waals surface area contributed by atoms with Gasteiger partial charge in [0, 0.05) is 36.8 Å². The van der Waals surface area contributed by atoms with Gasteiger partial charge in [-0.05, 0) is 54.0 Å². The number of carbonyl (C=O) groups is 2. The molecule has 2 aromatic carbocycles. The second-order valence-electron chi connectivity index (χ2n) is 7.95. The van der Waals surface area contributed by atoms with Gasteiger partial charge in [-0.1, -0.05) is 12.1 Å². The van der Waals surface area contributed by atoms with E-state index in [1.807, 2.05) is 44.2 Å². The van der Waals surface area contributed by atoms with Gasteiger partial charge < -0.3 is 24.3 Å². The van der Waals surface area contributed by atoms with Crippen LogP contribution in [0.4, 0.5) is 0 Å². The summed E-state index contributed by atoms with van der Waals surface area (Å²) < 4.78 is 12.2. The molecule has 1 aliphatic heterocycles. The third-order valence-corrected chi connectivity index (χ3v) is 6.19. The monoisotopic (exact) mass is 499 g/mol. The number of nitrogens with zero attached hydrogens (tertiary/aromatic N) is 2. The second-order valence-corrected chi connectivity index (χ2v) is 8.80. The predicted molar refractivity (Wildman–Crippen MR) is 127 cm³/mol. The van der Waals surface area contributed by atoms with E-state index in [0.29, 0.717) is 48.8 Å². The van der Waals surface area contributed by atoms with Crippen molar-refractivity contribution in [1.82, 2.24) is 14.8 Å². The third-order valence-electron chi connectivity index (χ3n) is 5.53. The number of hydrogen-bond acceptors (Lipinski definition) is 4. The molecule has 0 radical (unpaired) electrons. The van der Waals surface area contributed by atoms with Crippen molar-refractivity contribution in [3.63, 3.8) is 0 Å². The first kappa shape index (κ1) is 22.2. The number of fused-ring (bicyclic) bond motifs is 1. The summed E-state index contributed by atoms with van der Waals surface area (Å²) in [6.45, 7) is 5.71. The molecular weight excluding hydrogens is 474 g/mol. The number of H-pyrrole nitrogens is 1. The largest absolute Gasteiger partial charge is 0.496 e. The first-order valence-corrected chi connectivity index (χ1v) is 11.4. The average Bonchev–Trinajstić information content (AvgIpc) is 3.25. The van der Waals surface area contributed by atoms with Crippen molar-refractivity contribution in [1.29, 1.82) is 0 Å². The fourth-order valence-corrected chi connectivity index (χ4v) is 4.42. The van der Waals surface area contributed by atoms with Crippen molar-refractivity contribution in [2.45, 2.75) is 20.0 Å². The van der Waals surface area contributed by atoms with Crippen LogP contribution in [0.3, 0.4) is 0 Å². The van der Waals surface area contributed by atoms with E-state index in [-0.39, 0.29) is 17.9 Å². The van der Waals surface area contributed by atoms with Gasteiger partial charge in [0.1, 0.15) is 11.5 Å². The van der Waals surface area contributed by atoms with Crippen LogP contribution in [0.5, 0.6) is 11.5 Å². The van der Waals surface area contributed by atoms with E-state index in [2.05, 4.69) is 20.9 Å². The van der Waals surface area contributed by atoms with Crippen molar-refractivity contribution in [3.8, 4) is 11.5 Å². The van der Waals surface area contributed by atoms with E-state index in [1.165, 1.54) is 0 Å². The quantitative estimate of drug-likeness (QED) is 0.566. The lowest BCUT2D eigenvalue weighted by Crippen LogP contribution is -2.50. The molecule has 3 aromatic rings. The topological polar surface area (TPSA) is 74.9 Å². The number of aromatic amines is 1. The Labute approximate surface area is 195 Å². The lowest BCUT2D eigenvalue weighted by Gasteiger charge is -2.35. The molecule has 1 N–H and O–H groups in total. The van der Waals surface area contributed by atoms with Gasteiger partial charge in [0.25, 0.3) is 11.8 Å².